The van der Waals surface area contributed by atoms with E-state index in [1.807, 2.05) is 12.1 Å². The average Bonchev–Trinajstić information content (AvgIpc) is 2.55. The summed E-state index contributed by atoms with van der Waals surface area (Å²) in [6.45, 7) is 4.23. The maximum absolute atomic E-state index is 12.8. The summed E-state index contributed by atoms with van der Waals surface area (Å²) in [5.41, 5.74) is 9.59. The molecule has 0 radical (unpaired) electrons. The standard InChI is InChI=1S/C20H28N2O2/c1-20(2)12-14-9-19(24-3)16(21)10-15(14)17(22-20)11-18(23)13-7-5-4-6-8-13/h9-10,13H,4-8,11-12,21H2,1-3H3. The zero-order chi connectivity index (χ0) is 17.3. The van der Waals surface area contributed by atoms with Crippen LogP contribution in [-0.2, 0) is 11.2 Å². The molecule has 1 fully saturated rings. The molecule has 0 atom stereocenters. The lowest BCUT2D eigenvalue weighted by Crippen LogP contribution is -2.31. The molecule has 3 rings (SSSR count). The molecule has 0 saturated heterocycles. The number of carbonyl (C=O) groups excluding carboxylic acids is 1. The summed E-state index contributed by atoms with van der Waals surface area (Å²) in [5, 5.41) is 0. The van der Waals surface area contributed by atoms with Gasteiger partial charge in [-0.05, 0) is 50.8 Å². The molecule has 0 spiro atoms. The quantitative estimate of drug-likeness (QED) is 0.851. The monoisotopic (exact) mass is 328 g/mol. The number of nitrogens with zero attached hydrogens (tertiary/aromatic N) is 1. The summed E-state index contributed by atoms with van der Waals surface area (Å²) >= 11 is 0. The van der Waals surface area contributed by atoms with Crippen molar-refractivity contribution in [1.29, 1.82) is 0 Å². The van der Waals surface area contributed by atoms with Gasteiger partial charge in [-0.3, -0.25) is 9.79 Å². The number of fused-ring (bicyclic) bond motifs is 1. The molecular formula is C20H28N2O2. The van der Waals surface area contributed by atoms with E-state index in [9.17, 15) is 4.79 Å². The van der Waals surface area contributed by atoms with Crippen LogP contribution in [-0.4, -0.2) is 24.1 Å². The first kappa shape index (κ1) is 17.0. The molecule has 0 unspecified atom stereocenters. The van der Waals surface area contributed by atoms with Crippen molar-refractivity contribution >= 4 is 17.2 Å². The van der Waals surface area contributed by atoms with E-state index >= 15 is 0 Å². The van der Waals surface area contributed by atoms with E-state index in [1.165, 1.54) is 24.8 Å². The van der Waals surface area contributed by atoms with E-state index in [2.05, 4.69) is 13.8 Å². The van der Waals surface area contributed by atoms with Crippen molar-refractivity contribution in [3.8, 4) is 5.75 Å². The van der Waals surface area contributed by atoms with Crippen LogP contribution >= 0.6 is 0 Å². The number of carbonyl (C=O) groups is 1. The number of hydrogen-bond donors (Lipinski definition) is 1. The molecule has 1 aromatic carbocycles. The van der Waals surface area contributed by atoms with Crippen LogP contribution in [0.15, 0.2) is 17.1 Å². The van der Waals surface area contributed by atoms with Crippen LogP contribution < -0.4 is 10.5 Å². The van der Waals surface area contributed by atoms with Crippen LogP contribution in [0, 0.1) is 5.92 Å². The van der Waals surface area contributed by atoms with Gasteiger partial charge in [-0.2, -0.15) is 0 Å². The Morgan fingerprint density at radius 3 is 2.67 bits per heavy atom. The molecule has 130 valence electrons. The van der Waals surface area contributed by atoms with E-state index < -0.39 is 0 Å². The van der Waals surface area contributed by atoms with Gasteiger partial charge in [-0.25, -0.2) is 0 Å². The summed E-state index contributed by atoms with van der Waals surface area (Å²) in [6.07, 6.45) is 6.94. The van der Waals surface area contributed by atoms with Crippen molar-refractivity contribution in [3.63, 3.8) is 0 Å². The summed E-state index contributed by atoms with van der Waals surface area (Å²) in [7, 11) is 1.63. The fourth-order valence-electron chi connectivity index (χ4n) is 4.03. The lowest BCUT2D eigenvalue weighted by molar-refractivity contribution is -0.122. The first-order valence-corrected chi connectivity index (χ1v) is 8.98. The maximum atomic E-state index is 12.8. The normalized spacial score (nSPS) is 20.2. The number of hydrogen-bond acceptors (Lipinski definition) is 4. The van der Waals surface area contributed by atoms with E-state index in [0.29, 0.717) is 23.6 Å². The zero-order valence-electron chi connectivity index (χ0n) is 15.0. The minimum atomic E-state index is -0.198. The molecule has 24 heavy (non-hydrogen) atoms. The molecule has 1 saturated carbocycles. The van der Waals surface area contributed by atoms with E-state index in [4.69, 9.17) is 15.5 Å². The summed E-state index contributed by atoms with van der Waals surface area (Å²) in [5.74, 6) is 1.25. The molecule has 1 aliphatic carbocycles. The number of nitrogen functional groups attached to an aromatic ring is 1. The molecule has 0 amide bonds. The molecular weight excluding hydrogens is 300 g/mol. The molecule has 1 heterocycles. The Hall–Kier alpha value is -1.84. The predicted molar refractivity (Wildman–Crippen MR) is 97.9 cm³/mol. The molecule has 1 aliphatic heterocycles. The first-order valence-electron chi connectivity index (χ1n) is 8.98. The van der Waals surface area contributed by atoms with Crippen molar-refractivity contribution in [1.82, 2.24) is 0 Å². The van der Waals surface area contributed by atoms with Gasteiger partial charge < -0.3 is 10.5 Å². The minimum Gasteiger partial charge on any atom is -0.495 e. The lowest BCUT2D eigenvalue weighted by Gasteiger charge is -2.30. The highest BCUT2D eigenvalue weighted by Gasteiger charge is 2.30. The van der Waals surface area contributed by atoms with Gasteiger partial charge in [0, 0.05) is 17.9 Å². The Bertz CT molecular complexity index is 670. The van der Waals surface area contributed by atoms with E-state index in [1.54, 1.807) is 7.11 Å². The van der Waals surface area contributed by atoms with Crippen LogP contribution in [0.2, 0.25) is 0 Å². The number of aliphatic imine (C=N–C) groups is 1. The van der Waals surface area contributed by atoms with Gasteiger partial charge in [0.05, 0.1) is 24.0 Å². The molecule has 0 aromatic heterocycles. The Labute approximate surface area is 144 Å². The van der Waals surface area contributed by atoms with Gasteiger partial charge in [0.2, 0.25) is 0 Å². The predicted octanol–water partition coefficient (Wildman–Crippen LogP) is 3.94. The van der Waals surface area contributed by atoms with Crippen LogP contribution in [0.3, 0.4) is 0 Å². The second-order valence-corrected chi connectivity index (χ2v) is 7.78. The van der Waals surface area contributed by atoms with Gasteiger partial charge in [-0.15, -0.1) is 0 Å². The number of benzene rings is 1. The van der Waals surface area contributed by atoms with Crippen LogP contribution in [0.4, 0.5) is 5.69 Å². The maximum Gasteiger partial charge on any atom is 0.142 e. The first-order chi connectivity index (χ1) is 11.4. The summed E-state index contributed by atoms with van der Waals surface area (Å²) < 4.78 is 5.36. The van der Waals surface area contributed by atoms with E-state index in [-0.39, 0.29) is 11.5 Å². The van der Waals surface area contributed by atoms with Gasteiger partial charge >= 0.3 is 0 Å². The molecule has 0 bridgehead atoms. The molecule has 4 nitrogen and oxygen atoms in total. The highest BCUT2D eigenvalue weighted by Crippen LogP contribution is 2.35. The highest BCUT2D eigenvalue weighted by molar-refractivity contribution is 6.13. The van der Waals surface area contributed by atoms with Crippen molar-refractivity contribution in [2.45, 2.75) is 64.3 Å². The smallest absolute Gasteiger partial charge is 0.142 e. The number of Topliss-reactive ketones (excluding diaryl/α,β-unsaturated/α-hetero) is 1. The van der Waals surface area contributed by atoms with Crippen molar-refractivity contribution in [2.24, 2.45) is 10.9 Å². The Kier molecular flexibility index (Phi) is 4.66. The summed E-state index contributed by atoms with van der Waals surface area (Å²) in [6, 6.07) is 3.93. The number of anilines is 1. The third-order valence-electron chi connectivity index (χ3n) is 5.23. The SMILES string of the molecule is COc1cc2c(cc1N)C(CC(=O)C1CCCCC1)=NC(C)(C)C2. The van der Waals surface area contributed by atoms with Crippen molar-refractivity contribution in [2.75, 3.05) is 12.8 Å². The number of rotatable bonds is 4. The average molecular weight is 328 g/mol. The van der Waals surface area contributed by atoms with Gasteiger partial charge in [0.15, 0.2) is 0 Å². The van der Waals surface area contributed by atoms with Crippen molar-refractivity contribution in [3.05, 3.63) is 23.3 Å². The fraction of sp³-hybridized carbons (Fsp3) is 0.600. The Morgan fingerprint density at radius 1 is 1.29 bits per heavy atom. The van der Waals surface area contributed by atoms with Gasteiger partial charge in [0.1, 0.15) is 11.5 Å². The Balaban J connectivity index is 1.90. The molecule has 4 heteroatoms. The second-order valence-electron chi connectivity index (χ2n) is 7.78. The molecule has 2 N–H and O–H groups in total. The minimum absolute atomic E-state index is 0.198. The van der Waals surface area contributed by atoms with Crippen molar-refractivity contribution < 1.29 is 9.53 Å². The lowest BCUT2D eigenvalue weighted by atomic mass is 9.81. The van der Waals surface area contributed by atoms with Gasteiger partial charge in [-0.1, -0.05) is 19.3 Å². The second kappa shape index (κ2) is 6.58. The third-order valence-corrected chi connectivity index (χ3v) is 5.23. The Morgan fingerprint density at radius 2 is 2.00 bits per heavy atom. The van der Waals surface area contributed by atoms with Crippen LogP contribution in [0.1, 0.15) is 63.5 Å². The molecule has 2 aliphatic rings. The number of ether oxygens (including phenoxy) is 1. The van der Waals surface area contributed by atoms with E-state index in [0.717, 1.165) is 30.5 Å². The number of nitrogens with two attached hydrogens (primary N) is 1. The number of ketones is 1. The zero-order valence-corrected chi connectivity index (χ0v) is 15.0. The largest absolute Gasteiger partial charge is 0.495 e. The third kappa shape index (κ3) is 3.47. The fourth-order valence-corrected chi connectivity index (χ4v) is 4.03. The number of methoxy groups -OCH3 is 1. The van der Waals surface area contributed by atoms with Gasteiger partial charge in [0.25, 0.3) is 0 Å². The highest BCUT2D eigenvalue weighted by atomic mass is 16.5. The molecule has 1 aromatic rings. The van der Waals surface area contributed by atoms with Crippen LogP contribution in [0.25, 0.3) is 0 Å². The summed E-state index contributed by atoms with van der Waals surface area (Å²) in [4.78, 5) is 17.6. The topological polar surface area (TPSA) is 64.7 Å². The van der Waals surface area contributed by atoms with Crippen LogP contribution in [0.5, 0.6) is 5.75 Å².